The van der Waals surface area contributed by atoms with Crippen LogP contribution < -0.4 is 0 Å². The molecule has 0 spiro atoms. The maximum Gasteiger partial charge on any atom is 0.136 e. The van der Waals surface area contributed by atoms with Crippen LogP contribution in [0.4, 0.5) is 0 Å². The van der Waals surface area contributed by atoms with Crippen LogP contribution in [-0.4, -0.2) is 11.7 Å². The summed E-state index contributed by atoms with van der Waals surface area (Å²) in [6.45, 7) is 10.5. The number of hydrogen-bond acceptors (Lipinski definition) is 1. The zero-order chi connectivity index (χ0) is 13.5. The Bertz CT molecular complexity index is 223. The van der Waals surface area contributed by atoms with Gasteiger partial charge in [-0.05, 0) is 31.6 Å². The first-order valence-corrected chi connectivity index (χ1v) is 7.65. The van der Waals surface area contributed by atoms with Crippen LogP contribution in [0.15, 0.2) is 0 Å². The Kier molecular flexibility index (Phi) is 8.11. The summed E-state index contributed by atoms with van der Waals surface area (Å²) in [6, 6.07) is 0. The first-order chi connectivity index (χ1) is 8.04. The van der Waals surface area contributed by atoms with Gasteiger partial charge in [0.15, 0.2) is 0 Å². The lowest BCUT2D eigenvalue weighted by Crippen LogP contribution is -2.44. The fourth-order valence-electron chi connectivity index (χ4n) is 3.52. The maximum absolute atomic E-state index is 12.3. The minimum atomic E-state index is -0.193. The van der Waals surface area contributed by atoms with Gasteiger partial charge in [0.2, 0.25) is 0 Å². The van der Waals surface area contributed by atoms with E-state index in [9.17, 15) is 4.79 Å². The molecule has 17 heavy (non-hydrogen) atoms. The smallest absolute Gasteiger partial charge is 0.136 e. The normalized spacial score (nSPS) is 18.5. The third kappa shape index (κ3) is 3.47. The van der Waals surface area contributed by atoms with Gasteiger partial charge in [0, 0.05) is 11.3 Å². The summed E-state index contributed by atoms with van der Waals surface area (Å²) in [6.07, 6.45) is 5.28. The molecule has 0 aromatic rings. The third-order valence-corrected chi connectivity index (χ3v) is 4.88. The van der Waals surface area contributed by atoms with Gasteiger partial charge < -0.3 is 0 Å². The first kappa shape index (κ1) is 17.0. The van der Waals surface area contributed by atoms with Gasteiger partial charge in [-0.25, -0.2) is 0 Å². The lowest BCUT2D eigenvalue weighted by atomic mass is 9.60. The summed E-state index contributed by atoms with van der Waals surface area (Å²) in [5.74, 6) is 1.75. The van der Waals surface area contributed by atoms with Crippen molar-refractivity contribution in [3.05, 3.63) is 0 Å². The van der Waals surface area contributed by atoms with E-state index in [1.807, 2.05) is 0 Å². The molecule has 0 saturated heterocycles. The number of carbonyl (C=O) groups excluding carboxylic acids is 1. The van der Waals surface area contributed by atoms with E-state index in [-0.39, 0.29) is 5.41 Å². The molecule has 0 aliphatic heterocycles. The minimum Gasteiger partial charge on any atom is -0.299 e. The first-order valence-electron chi connectivity index (χ1n) is 7.11. The standard InChI is InChI=1S/C15H29ClO/c1-6-10-13(7-2)15(9-4,12(5)17)14(8-3)11-16/h13-14H,6-11H2,1-5H3. The molecule has 102 valence electrons. The fourth-order valence-corrected chi connectivity index (χ4v) is 4.01. The second kappa shape index (κ2) is 8.13. The molecule has 0 aromatic heterocycles. The highest BCUT2D eigenvalue weighted by Gasteiger charge is 2.45. The van der Waals surface area contributed by atoms with Crippen molar-refractivity contribution in [2.75, 3.05) is 5.88 Å². The molecule has 0 rings (SSSR count). The van der Waals surface area contributed by atoms with E-state index >= 15 is 0 Å². The van der Waals surface area contributed by atoms with Gasteiger partial charge in [0.25, 0.3) is 0 Å². The molecule has 0 radical (unpaired) electrons. The average molecular weight is 261 g/mol. The molecule has 0 fully saturated rings. The van der Waals surface area contributed by atoms with Gasteiger partial charge in [-0.1, -0.05) is 47.0 Å². The van der Waals surface area contributed by atoms with Gasteiger partial charge in [-0.2, -0.15) is 0 Å². The monoisotopic (exact) mass is 260 g/mol. The molecule has 0 amide bonds. The molecule has 3 atom stereocenters. The summed E-state index contributed by atoms with van der Waals surface area (Å²) < 4.78 is 0. The molecule has 0 N–H and O–H groups in total. The quantitative estimate of drug-likeness (QED) is 0.530. The number of rotatable bonds is 9. The maximum atomic E-state index is 12.3. The van der Waals surface area contributed by atoms with Crippen molar-refractivity contribution in [3.63, 3.8) is 0 Å². The van der Waals surface area contributed by atoms with Crippen molar-refractivity contribution in [1.29, 1.82) is 0 Å². The lowest BCUT2D eigenvalue weighted by Gasteiger charge is -2.43. The summed E-state index contributed by atoms with van der Waals surface area (Å²) in [7, 11) is 0. The molecule has 0 aliphatic rings. The molecule has 0 heterocycles. The molecule has 1 nitrogen and oxygen atoms in total. The topological polar surface area (TPSA) is 17.1 Å². The second-order valence-corrected chi connectivity index (χ2v) is 5.41. The van der Waals surface area contributed by atoms with E-state index in [0.717, 1.165) is 32.1 Å². The van der Waals surface area contributed by atoms with E-state index in [4.69, 9.17) is 11.6 Å². The molecule has 0 aromatic carbocycles. The Balaban J connectivity index is 5.38. The number of halogens is 1. The van der Waals surface area contributed by atoms with E-state index < -0.39 is 0 Å². The van der Waals surface area contributed by atoms with Crippen molar-refractivity contribution in [2.45, 2.75) is 66.7 Å². The van der Waals surface area contributed by atoms with Crippen molar-refractivity contribution in [1.82, 2.24) is 0 Å². The highest BCUT2D eigenvalue weighted by molar-refractivity contribution is 6.18. The van der Waals surface area contributed by atoms with Crippen molar-refractivity contribution in [3.8, 4) is 0 Å². The van der Waals surface area contributed by atoms with Gasteiger partial charge in [-0.15, -0.1) is 11.6 Å². The predicted octanol–water partition coefficient (Wildman–Crippen LogP) is 5.06. The van der Waals surface area contributed by atoms with Crippen LogP contribution in [0.3, 0.4) is 0 Å². The third-order valence-electron chi connectivity index (χ3n) is 4.51. The summed E-state index contributed by atoms with van der Waals surface area (Å²) >= 11 is 6.12. The second-order valence-electron chi connectivity index (χ2n) is 5.10. The Morgan fingerprint density at radius 2 is 1.65 bits per heavy atom. The Labute approximate surface area is 112 Å². The summed E-state index contributed by atoms with van der Waals surface area (Å²) in [5.41, 5.74) is -0.193. The molecule has 2 heteroatoms. The Morgan fingerprint density at radius 3 is 1.88 bits per heavy atom. The van der Waals surface area contributed by atoms with Gasteiger partial charge in [0.1, 0.15) is 5.78 Å². The van der Waals surface area contributed by atoms with E-state index in [2.05, 4.69) is 27.7 Å². The number of hydrogen-bond donors (Lipinski definition) is 0. The molecule has 0 aliphatic carbocycles. The highest BCUT2D eigenvalue weighted by Crippen LogP contribution is 2.46. The van der Waals surface area contributed by atoms with Crippen LogP contribution in [0.5, 0.6) is 0 Å². The SMILES string of the molecule is CCCC(CC)C(CC)(C(C)=O)C(CC)CCl. The van der Waals surface area contributed by atoms with Crippen molar-refractivity contribution < 1.29 is 4.79 Å². The van der Waals surface area contributed by atoms with Crippen LogP contribution in [0.25, 0.3) is 0 Å². The van der Waals surface area contributed by atoms with Crippen LogP contribution in [0.2, 0.25) is 0 Å². The van der Waals surface area contributed by atoms with Gasteiger partial charge in [-0.3, -0.25) is 4.79 Å². The van der Waals surface area contributed by atoms with Gasteiger partial charge >= 0.3 is 0 Å². The Hall–Kier alpha value is -0.0400. The van der Waals surface area contributed by atoms with E-state index in [1.165, 1.54) is 0 Å². The molecular weight excluding hydrogens is 232 g/mol. The molecule has 3 unspecified atom stereocenters. The van der Waals surface area contributed by atoms with Crippen molar-refractivity contribution >= 4 is 17.4 Å². The summed E-state index contributed by atoms with van der Waals surface area (Å²) in [4.78, 5) is 12.3. The Morgan fingerprint density at radius 1 is 1.12 bits per heavy atom. The van der Waals surface area contributed by atoms with Gasteiger partial charge in [0.05, 0.1) is 0 Å². The predicted molar refractivity (Wildman–Crippen MR) is 76.6 cm³/mol. The van der Waals surface area contributed by atoms with E-state index in [0.29, 0.717) is 23.5 Å². The number of carbonyl (C=O) groups is 1. The largest absolute Gasteiger partial charge is 0.299 e. The average Bonchev–Trinajstić information content (AvgIpc) is 2.33. The zero-order valence-electron chi connectivity index (χ0n) is 12.2. The number of ketones is 1. The molecule has 0 saturated carbocycles. The highest BCUT2D eigenvalue weighted by atomic mass is 35.5. The van der Waals surface area contributed by atoms with Crippen LogP contribution in [-0.2, 0) is 4.79 Å². The summed E-state index contributed by atoms with van der Waals surface area (Å²) in [5, 5.41) is 0. The molecule has 0 bridgehead atoms. The number of Topliss-reactive ketones (excluding diaryl/α,β-unsaturated/α-hetero) is 1. The minimum absolute atomic E-state index is 0.193. The van der Waals surface area contributed by atoms with Crippen LogP contribution in [0, 0.1) is 17.3 Å². The fraction of sp³-hybridized carbons (Fsp3) is 0.933. The van der Waals surface area contributed by atoms with E-state index in [1.54, 1.807) is 6.92 Å². The lowest BCUT2D eigenvalue weighted by molar-refractivity contribution is -0.134. The van der Waals surface area contributed by atoms with Crippen LogP contribution >= 0.6 is 11.6 Å². The van der Waals surface area contributed by atoms with Crippen LogP contribution in [0.1, 0.15) is 66.7 Å². The van der Waals surface area contributed by atoms with Crippen molar-refractivity contribution in [2.24, 2.45) is 17.3 Å². The number of alkyl halides is 1. The zero-order valence-corrected chi connectivity index (χ0v) is 12.9. The molecular formula is C15H29ClO.